The lowest BCUT2D eigenvalue weighted by Gasteiger charge is -2.56. The summed E-state index contributed by atoms with van der Waals surface area (Å²) in [5.74, 6) is -0.155. The van der Waals surface area contributed by atoms with Gasteiger partial charge in [0.1, 0.15) is 22.7 Å². The lowest BCUT2D eigenvalue weighted by atomic mass is 9.55. The Morgan fingerprint density at radius 2 is 2.00 bits per heavy atom. The van der Waals surface area contributed by atoms with Crippen molar-refractivity contribution in [3.05, 3.63) is 22.8 Å². The maximum atomic E-state index is 11.8. The van der Waals surface area contributed by atoms with Crippen LogP contribution >= 0.6 is 0 Å². The molecule has 1 saturated carbocycles. The zero-order valence-corrected chi connectivity index (χ0v) is 15.3. The third-order valence-electron chi connectivity index (χ3n) is 6.34. The highest BCUT2D eigenvalue weighted by molar-refractivity contribution is 5.94. The number of aromatic hydroxyl groups is 1. The van der Waals surface area contributed by atoms with Crippen molar-refractivity contribution in [3.8, 4) is 11.5 Å². The van der Waals surface area contributed by atoms with E-state index >= 15 is 0 Å². The van der Waals surface area contributed by atoms with Gasteiger partial charge in [-0.25, -0.2) is 4.79 Å². The lowest BCUT2D eigenvalue weighted by Crippen LogP contribution is -2.53. The summed E-state index contributed by atoms with van der Waals surface area (Å²) in [6, 6.07) is 1.86. The molecule has 1 aliphatic heterocycles. The van der Waals surface area contributed by atoms with Crippen LogP contribution in [0.3, 0.4) is 0 Å². The van der Waals surface area contributed by atoms with Crippen LogP contribution in [0.2, 0.25) is 0 Å². The first-order valence-corrected chi connectivity index (χ1v) is 8.93. The van der Waals surface area contributed by atoms with Crippen LogP contribution in [0.4, 0.5) is 0 Å². The van der Waals surface area contributed by atoms with Gasteiger partial charge >= 0.3 is 5.97 Å². The van der Waals surface area contributed by atoms with E-state index in [4.69, 9.17) is 4.74 Å². The Bertz CT molecular complexity index is 691. The highest BCUT2D eigenvalue weighted by Crippen LogP contribution is 2.62. The maximum Gasteiger partial charge on any atom is 0.339 e. The van der Waals surface area contributed by atoms with Crippen molar-refractivity contribution in [1.29, 1.82) is 0 Å². The van der Waals surface area contributed by atoms with Crippen LogP contribution in [0.15, 0.2) is 6.07 Å². The number of aromatic carboxylic acids is 1. The summed E-state index contributed by atoms with van der Waals surface area (Å²) in [7, 11) is 0. The second kappa shape index (κ2) is 5.40. The van der Waals surface area contributed by atoms with Crippen molar-refractivity contribution in [2.45, 2.75) is 71.8 Å². The fourth-order valence-corrected chi connectivity index (χ4v) is 4.82. The number of hydrogen-bond donors (Lipinski definition) is 2. The van der Waals surface area contributed by atoms with Crippen molar-refractivity contribution < 1.29 is 19.7 Å². The standard InChI is InChI=1S/C20H28O4/c1-6-7-12-10-13-15(17(21)14(12)18(22)23)16-11(2)20(5,24-13)9-8-19(16,3)4/h10-11,16,21H,6-9H2,1-5H3,(H,22,23)/t11-,16+,20-/m1/s1. The SMILES string of the molecule is CCCc1cc2c(c(O)c1C(=O)O)[C@@H]1[C@@H](C)[C@@](C)(CCC1(C)C)O2. The summed E-state index contributed by atoms with van der Waals surface area (Å²) < 4.78 is 6.35. The molecule has 4 nitrogen and oxygen atoms in total. The van der Waals surface area contributed by atoms with Gasteiger partial charge in [-0.2, -0.15) is 0 Å². The quantitative estimate of drug-likeness (QED) is 0.839. The number of rotatable bonds is 3. The van der Waals surface area contributed by atoms with E-state index in [2.05, 4.69) is 27.7 Å². The molecular formula is C20H28O4. The molecule has 2 bridgehead atoms. The Kier molecular flexibility index (Phi) is 3.85. The molecule has 1 aromatic carbocycles. The molecule has 2 N–H and O–H groups in total. The van der Waals surface area contributed by atoms with Crippen molar-refractivity contribution in [3.63, 3.8) is 0 Å². The van der Waals surface area contributed by atoms with Gasteiger partial charge in [-0.3, -0.25) is 0 Å². The van der Waals surface area contributed by atoms with Gasteiger partial charge in [0.05, 0.1) is 0 Å². The first-order chi connectivity index (χ1) is 11.1. The summed E-state index contributed by atoms with van der Waals surface area (Å²) >= 11 is 0. The minimum absolute atomic E-state index is 0.00299. The summed E-state index contributed by atoms with van der Waals surface area (Å²) in [6.07, 6.45) is 3.41. The predicted octanol–water partition coefficient (Wildman–Crippen LogP) is 4.73. The second-order valence-corrected chi connectivity index (χ2v) is 8.40. The van der Waals surface area contributed by atoms with Crippen LogP contribution < -0.4 is 4.74 Å². The zero-order valence-electron chi connectivity index (χ0n) is 15.3. The Labute approximate surface area is 143 Å². The molecule has 0 saturated heterocycles. The van der Waals surface area contributed by atoms with Gasteiger partial charge in [-0.1, -0.05) is 34.1 Å². The number of carboxylic acid groups (broad SMARTS) is 1. The van der Waals surface area contributed by atoms with Crippen molar-refractivity contribution in [2.24, 2.45) is 11.3 Å². The normalized spacial score (nSPS) is 30.4. The predicted molar refractivity (Wildman–Crippen MR) is 93.0 cm³/mol. The molecule has 1 fully saturated rings. The smallest absolute Gasteiger partial charge is 0.339 e. The van der Waals surface area contributed by atoms with Crippen molar-refractivity contribution >= 4 is 5.97 Å². The molecule has 4 heteroatoms. The molecule has 3 rings (SSSR count). The minimum Gasteiger partial charge on any atom is -0.507 e. The molecule has 0 unspecified atom stereocenters. The van der Waals surface area contributed by atoms with Crippen molar-refractivity contribution in [1.82, 2.24) is 0 Å². The molecule has 1 aliphatic carbocycles. The van der Waals surface area contributed by atoms with Gasteiger partial charge in [0, 0.05) is 17.4 Å². The van der Waals surface area contributed by atoms with Crippen LogP contribution in [0.25, 0.3) is 0 Å². The van der Waals surface area contributed by atoms with E-state index in [1.807, 2.05) is 13.0 Å². The Morgan fingerprint density at radius 1 is 1.33 bits per heavy atom. The number of aryl methyl sites for hydroxylation is 1. The van der Waals surface area contributed by atoms with Crippen LogP contribution in [0.5, 0.6) is 11.5 Å². The summed E-state index contributed by atoms with van der Waals surface area (Å²) in [5, 5.41) is 20.5. The number of benzene rings is 1. The van der Waals surface area contributed by atoms with E-state index in [1.165, 1.54) is 0 Å². The average Bonchev–Trinajstić information content (AvgIpc) is 2.46. The number of carboxylic acids is 1. The van der Waals surface area contributed by atoms with Crippen LogP contribution in [-0.4, -0.2) is 21.8 Å². The first kappa shape index (κ1) is 17.1. The molecular weight excluding hydrogens is 304 g/mol. The van der Waals surface area contributed by atoms with Crippen molar-refractivity contribution in [2.75, 3.05) is 0 Å². The number of ether oxygens (including phenoxy) is 1. The maximum absolute atomic E-state index is 11.8. The molecule has 24 heavy (non-hydrogen) atoms. The fraction of sp³-hybridized carbons (Fsp3) is 0.650. The van der Waals surface area contributed by atoms with Crippen LogP contribution in [0.1, 0.15) is 81.3 Å². The molecule has 0 amide bonds. The Balaban J connectivity index is 2.29. The summed E-state index contributed by atoms with van der Waals surface area (Å²) in [4.78, 5) is 11.8. The number of hydrogen-bond acceptors (Lipinski definition) is 3. The van der Waals surface area contributed by atoms with Crippen LogP contribution in [0, 0.1) is 11.3 Å². The highest BCUT2D eigenvalue weighted by Gasteiger charge is 2.55. The largest absolute Gasteiger partial charge is 0.507 e. The summed E-state index contributed by atoms with van der Waals surface area (Å²) in [6.45, 7) is 10.7. The van der Waals surface area contributed by atoms with E-state index in [1.54, 1.807) is 0 Å². The van der Waals surface area contributed by atoms with E-state index in [-0.39, 0.29) is 34.2 Å². The molecule has 0 radical (unpaired) electrons. The van der Waals surface area contributed by atoms with Gasteiger partial charge < -0.3 is 14.9 Å². The average molecular weight is 332 g/mol. The molecule has 2 aliphatic rings. The molecule has 0 spiro atoms. The van der Waals surface area contributed by atoms with Gasteiger partial charge in [0.25, 0.3) is 0 Å². The first-order valence-electron chi connectivity index (χ1n) is 8.93. The van der Waals surface area contributed by atoms with Gasteiger partial charge in [-0.05, 0) is 43.2 Å². The lowest BCUT2D eigenvalue weighted by molar-refractivity contribution is -0.0725. The molecule has 1 heterocycles. The molecule has 0 aromatic heterocycles. The Hall–Kier alpha value is -1.71. The summed E-state index contributed by atoms with van der Waals surface area (Å²) in [5.41, 5.74) is 1.15. The van der Waals surface area contributed by atoms with Gasteiger partial charge in [0.15, 0.2) is 0 Å². The van der Waals surface area contributed by atoms with E-state index < -0.39 is 5.97 Å². The second-order valence-electron chi connectivity index (χ2n) is 8.40. The molecule has 1 aromatic rings. The van der Waals surface area contributed by atoms with E-state index in [0.29, 0.717) is 23.3 Å². The molecule has 3 atom stereocenters. The Morgan fingerprint density at radius 3 is 2.58 bits per heavy atom. The van der Waals surface area contributed by atoms with Gasteiger partial charge in [-0.15, -0.1) is 0 Å². The van der Waals surface area contributed by atoms with E-state index in [0.717, 1.165) is 19.3 Å². The molecule has 132 valence electrons. The monoisotopic (exact) mass is 332 g/mol. The topological polar surface area (TPSA) is 66.8 Å². The fourth-order valence-electron chi connectivity index (χ4n) is 4.82. The zero-order chi connectivity index (χ0) is 17.9. The third kappa shape index (κ3) is 2.30. The van der Waals surface area contributed by atoms with Gasteiger partial charge in [0.2, 0.25) is 0 Å². The number of fused-ring (bicyclic) bond motifs is 4. The highest BCUT2D eigenvalue weighted by atomic mass is 16.5. The number of phenols is 1. The van der Waals surface area contributed by atoms with Crippen LogP contribution in [-0.2, 0) is 6.42 Å². The van der Waals surface area contributed by atoms with E-state index in [9.17, 15) is 15.0 Å². The minimum atomic E-state index is -1.06. The third-order valence-corrected chi connectivity index (χ3v) is 6.34. The number of carbonyl (C=O) groups is 1.